The number of anilines is 1. The van der Waals surface area contributed by atoms with Crippen molar-refractivity contribution in [1.82, 2.24) is 15.9 Å². The number of amides is 3. The van der Waals surface area contributed by atoms with Crippen LogP contribution in [0, 0.1) is 5.82 Å². The van der Waals surface area contributed by atoms with Gasteiger partial charge in [-0.3, -0.25) is 9.69 Å². The molecule has 0 spiro atoms. The first kappa shape index (κ1) is 24.9. The Morgan fingerprint density at radius 1 is 1.12 bits per heavy atom. The van der Waals surface area contributed by atoms with Gasteiger partial charge in [-0.25, -0.2) is 24.1 Å². The first-order valence-electron chi connectivity index (χ1n) is 10.1. The molecule has 0 aromatic heterocycles. The van der Waals surface area contributed by atoms with E-state index in [0.29, 0.717) is 10.7 Å². The molecule has 0 saturated heterocycles. The van der Waals surface area contributed by atoms with Gasteiger partial charge in [0.25, 0.3) is 0 Å². The Morgan fingerprint density at radius 2 is 1.79 bits per heavy atom. The maximum absolute atomic E-state index is 14.8. The standard InChI is InChI=1S/C23H23ClF2N6O2/c1-31(2)30-29-15-9-12-20(19(26)13-15)28-22(33)21(17-5-3-4-6-18(17)25)32(23(27)34)16-10-7-14(24)8-11-16/h3-13,20-21,30H,1-2H3,(H2,27,34)(H,28,33)/b29-15-. The average molecular weight is 489 g/mol. The number of urea groups is 1. The highest BCUT2D eigenvalue weighted by Gasteiger charge is 2.35. The minimum absolute atomic E-state index is 0.115. The fraction of sp³-hybridized carbons (Fsp3) is 0.174. The van der Waals surface area contributed by atoms with Crippen LogP contribution in [0.15, 0.2) is 77.7 Å². The largest absolute Gasteiger partial charge is 0.351 e. The summed E-state index contributed by atoms with van der Waals surface area (Å²) >= 11 is 5.93. The molecule has 0 heterocycles. The molecule has 2 aromatic carbocycles. The molecular formula is C23H23ClF2N6O2. The summed E-state index contributed by atoms with van der Waals surface area (Å²) in [6.45, 7) is 0. The second kappa shape index (κ2) is 10.9. The van der Waals surface area contributed by atoms with Crippen LogP contribution < -0.4 is 21.5 Å². The van der Waals surface area contributed by atoms with E-state index in [1.165, 1.54) is 54.6 Å². The van der Waals surface area contributed by atoms with Crippen LogP contribution in [0.3, 0.4) is 0 Å². The van der Waals surface area contributed by atoms with Gasteiger partial charge in [0.2, 0.25) is 5.91 Å². The Balaban J connectivity index is 1.95. The van der Waals surface area contributed by atoms with Gasteiger partial charge in [0, 0.05) is 30.4 Å². The lowest BCUT2D eigenvalue weighted by Crippen LogP contribution is -2.49. The van der Waals surface area contributed by atoms with E-state index in [1.54, 1.807) is 19.1 Å². The lowest BCUT2D eigenvalue weighted by atomic mass is 10.0. The highest BCUT2D eigenvalue weighted by molar-refractivity contribution is 6.30. The van der Waals surface area contributed by atoms with E-state index >= 15 is 0 Å². The summed E-state index contributed by atoms with van der Waals surface area (Å²) in [7, 11) is 3.43. The summed E-state index contributed by atoms with van der Waals surface area (Å²) < 4.78 is 29.5. The number of benzene rings is 2. The van der Waals surface area contributed by atoms with E-state index in [1.807, 2.05) is 0 Å². The van der Waals surface area contributed by atoms with Crippen molar-refractivity contribution in [3.8, 4) is 0 Å². The molecule has 8 nitrogen and oxygen atoms in total. The van der Waals surface area contributed by atoms with E-state index < -0.39 is 35.7 Å². The van der Waals surface area contributed by atoms with Crippen molar-refractivity contribution < 1.29 is 18.4 Å². The van der Waals surface area contributed by atoms with Gasteiger partial charge >= 0.3 is 6.03 Å². The monoisotopic (exact) mass is 488 g/mol. The van der Waals surface area contributed by atoms with Crippen LogP contribution in [0.1, 0.15) is 11.6 Å². The fourth-order valence-electron chi connectivity index (χ4n) is 3.24. The number of hydrogen-bond acceptors (Lipinski definition) is 5. The summed E-state index contributed by atoms with van der Waals surface area (Å²) in [5.74, 6) is -2.27. The Morgan fingerprint density at radius 3 is 2.38 bits per heavy atom. The Hall–Kier alpha value is -3.76. The van der Waals surface area contributed by atoms with Gasteiger partial charge in [-0.05, 0) is 42.5 Å². The molecule has 3 amide bonds. The summed E-state index contributed by atoms with van der Waals surface area (Å²) in [5, 5.41) is 8.44. The van der Waals surface area contributed by atoms with Crippen LogP contribution in [0.25, 0.3) is 0 Å². The highest BCUT2D eigenvalue weighted by atomic mass is 35.5. The fourth-order valence-corrected chi connectivity index (χ4v) is 3.37. The third-order valence-electron chi connectivity index (χ3n) is 4.77. The van der Waals surface area contributed by atoms with E-state index in [9.17, 15) is 18.4 Å². The van der Waals surface area contributed by atoms with Gasteiger partial charge in [0.05, 0.1) is 11.8 Å². The molecule has 0 aliphatic heterocycles. The highest BCUT2D eigenvalue weighted by Crippen LogP contribution is 2.30. The molecule has 0 fully saturated rings. The maximum Gasteiger partial charge on any atom is 0.320 e. The van der Waals surface area contributed by atoms with Gasteiger partial charge in [-0.1, -0.05) is 35.9 Å². The molecule has 11 heteroatoms. The van der Waals surface area contributed by atoms with E-state index in [2.05, 4.69) is 16.0 Å². The molecular weight excluding hydrogens is 466 g/mol. The smallest absolute Gasteiger partial charge is 0.320 e. The molecule has 2 aromatic rings. The van der Waals surface area contributed by atoms with Crippen molar-refractivity contribution in [2.75, 3.05) is 19.0 Å². The summed E-state index contributed by atoms with van der Waals surface area (Å²) in [4.78, 5) is 26.7. The van der Waals surface area contributed by atoms with Gasteiger partial charge in [-0.2, -0.15) is 5.10 Å². The van der Waals surface area contributed by atoms with Crippen molar-refractivity contribution in [2.45, 2.75) is 12.1 Å². The summed E-state index contributed by atoms with van der Waals surface area (Å²) in [6, 6.07) is 7.71. The Bertz CT molecular complexity index is 1150. The normalized spacial score (nSPS) is 17.3. The number of carbonyl (C=O) groups is 2. The predicted octanol–water partition coefficient (Wildman–Crippen LogP) is 3.44. The van der Waals surface area contributed by atoms with Crippen molar-refractivity contribution in [3.63, 3.8) is 0 Å². The van der Waals surface area contributed by atoms with Crippen LogP contribution >= 0.6 is 11.6 Å². The van der Waals surface area contributed by atoms with Gasteiger partial charge in [-0.15, -0.1) is 0 Å². The van der Waals surface area contributed by atoms with Crippen molar-refractivity contribution in [3.05, 3.63) is 89.0 Å². The van der Waals surface area contributed by atoms with Gasteiger partial charge in [0.15, 0.2) is 0 Å². The van der Waals surface area contributed by atoms with E-state index in [4.69, 9.17) is 17.3 Å². The third kappa shape index (κ3) is 5.97. The number of halogens is 3. The number of hydrogen-bond donors (Lipinski definition) is 3. The van der Waals surface area contributed by atoms with E-state index in [0.717, 1.165) is 17.0 Å². The molecule has 3 rings (SSSR count). The number of nitrogens with two attached hydrogens (primary N) is 1. The van der Waals surface area contributed by atoms with Crippen molar-refractivity contribution in [2.24, 2.45) is 10.8 Å². The Labute approximate surface area is 200 Å². The minimum atomic E-state index is -1.52. The lowest BCUT2D eigenvalue weighted by molar-refractivity contribution is -0.122. The number of rotatable bonds is 7. The Kier molecular flexibility index (Phi) is 7.98. The molecule has 0 bridgehead atoms. The lowest BCUT2D eigenvalue weighted by Gasteiger charge is -2.31. The number of hydrazine groups is 1. The second-order valence-corrected chi connectivity index (χ2v) is 7.95. The van der Waals surface area contributed by atoms with Crippen LogP contribution in [-0.4, -0.2) is 42.8 Å². The van der Waals surface area contributed by atoms with Crippen LogP contribution in [0.2, 0.25) is 5.02 Å². The number of nitrogens with one attached hydrogen (secondary N) is 2. The molecule has 1 aliphatic rings. The number of carbonyl (C=O) groups excluding carboxylic acids is 2. The summed E-state index contributed by atoms with van der Waals surface area (Å²) in [6.07, 6.45) is 4.04. The first-order chi connectivity index (χ1) is 16.2. The van der Waals surface area contributed by atoms with Crippen molar-refractivity contribution >= 4 is 34.9 Å². The minimum Gasteiger partial charge on any atom is -0.351 e. The average Bonchev–Trinajstić information content (AvgIpc) is 2.79. The molecule has 1 aliphatic carbocycles. The maximum atomic E-state index is 14.8. The molecule has 4 N–H and O–H groups in total. The molecule has 178 valence electrons. The zero-order valence-electron chi connectivity index (χ0n) is 18.4. The molecule has 34 heavy (non-hydrogen) atoms. The third-order valence-corrected chi connectivity index (χ3v) is 5.02. The number of primary amides is 1. The number of hydrazone groups is 1. The SMILES string of the molecule is CN(C)N/N=C1/C=CC(NC(=O)C(c2ccccc2F)N(C(N)=O)c2ccc(Cl)cc2)C(F)=C1. The zero-order valence-corrected chi connectivity index (χ0v) is 19.1. The van der Waals surface area contributed by atoms with E-state index in [-0.39, 0.29) is 11.3 Å². The van der Waals surface area contributed by atoms with Crippen LogP contribution in [0.4, 0.5) is 19.3 Å². The predicted molar refractivity (Wildman–Crippen MR) is 127 cm³/mol. The first-order valence-corrected chi connectivity index (χ1v) is 10.5. The molecule has 0 saturated carbocycles. The van der Waals surface area contributed by atoms with Crippen LogP contribution in [-0.2, 0) is 4.79 Å². The second-order valence-electron chi connectivity index (χ2n) is 7.51. The topological polar surface area (TPSA) is 103 Å². The number of nitrogens with zero attached hydrogens (tertiary/aromatic N) is 3. The molecule has 0 radical (unpaired) electrons. The molecule has 2 atom stereocenters. The van der Waals surface area contributed by atoms with Gasteiger partial charge in [0.1, 0.15) is 17.7 Å². The number of allylic oxidation sites excluding steroid dienone is 2. The molecule has 2 unspecified atom stereocenters. The van der Waals surface area contributed by atoms with Gasteiger partial charge < -0.3 is 11.1 Å². The summed E-state index contributed by atoms with van der Waals surface area (Å²) in [5.41, 5.74) is 8.63. The zero-order chi connectivity index (χ0) is 24.8. The quantitative estimate of drug-likeness (QED) is 0.519. The van der Waals surface area contributed by atoms with Crippen molar-refractivity contribution in [1.29, 1.82) is 0 Å². The van der Waals surface area contributed by atoms with Crippen LogP contribution in [0.5, 0.6) is 0 Å².